The molecule has 0 aromatic heterocycles. The van der Waals surface area contributed by atoms with Crippen molar-refractivity contribution in [2.45, 2.75) is 19.1 Å². The van der Waals surface area contributed by atoms with Crippen LogP contribution in [0, 0.1) is 0 Å². The van der Waals surface area contributed by atoms with Gasteiger partial charge in [-0.3, -0.25) is 0 Å². The summed E-state index contributed by atoms with van der Waals surface area (Å²) in [7, 11) is 3.00. The van der Waals surface area contributed by atoms with Gasteiger partial charge in [0.15, 0.2) is 0 Å². The van der Waals surface area contributed by atoms with Crippen molar-refractivity contribution in [3.05, 3.63) is 0 Å². The van der Waals surface area contributed by atoms with E-state index in [4.69, 9.17) is 9.47 Å². The maximum Gasteiger partial charge on any atom is 0.417 e. The van der Waals surface area contributed by atoms with Gasteiger partial charge in [-0.25, -0.2) is 4.79 Å². The minimum Gasteiger partial charge on any atom is -0.452 e. The first-order valence-electron chi connectivity index (χ1n) is 3.34. The molecule has 1 radical (unpaired) electrons. The third-order valence-corrected chi connectivity index (χ3v) is 1.63. The zero-order chi connectivity index (χ0) is 8.74. The van der Waals surface area contributed by atoms with Crippen LogP contribution in [-0.4, -0.2) is 33.1 Å². The molecular formula is C7H13O4. The molecule has 0 saturated heterocycles. The number of ether oxygens (including phenoxy) is 3. The van der Waals surface area contributed by atoms with E-state index in [1.165, 1.54) is 20.7 Å². The molecule has 0 bridgehead atoms. The molecule has 0 aromatic rings. The summed E-state index contributed by atoms with van der Waals surface area (Å²) in [6.07, 6.45) is 0.613. The van der Waals surface area contributed by atoms with E-state index in [2.05, 4.69) is 4.74 Å². The van der Waals surface area contributed by atoms with Crippen LogP contribution >= 0.6 is 0 Å². The molecule has 11 heavy (non-hydrogen) atoms. The highest BCUT2D eigenvalue weighted by molar-refractivity contribution is 5.38. The number of rotatable bonds is 6. The average Bonchev–Trinajstić information content (AvgIpc) is 2.08. The summed E-state index contributed by atoms with van der Waals surface area (Å²) in [5.74, 6) is -0.808. The normalized spacial score (nSPS) is 11.2. The molecule has 0 aliphatic heterocycles. The fraction of sp³-hybridized carbons (Fsp3) is 0.857. The molecule has 4 heteroatoms. The van der Waals surface area contributed by atoms with Crippen molar-refractivity contribution < 1.29 is 19.0 Å². The molecule has 0 atom stereocenters. The van der Waals surface area contributed by atoms with Gasteiger partial charge in [0, 0.05) is 20.6 Å². The third kappa shape index (κ3) is 2.86. The van der Waals surface area contributed by atoms with Crippen LogP contribution < -0.4 is 0 Å². The van der Waals surface area contributed by atoms with Crippen LogP contribution in [0.15, 0.2) is 0 Å². The minimum atomic E-state index is -0.808. The average molecular weight is 161 g/mol. The lowest BCUT2D eigenvalue weighted by Gasteiger charge is -2.27. The SMILES string of the molecule is CCC(CO[C]=O)(OC)OC. The maximum atomic E-state index is 9.74. The standard InChI is InChI=1S/C7H13O4/c1-4-7(9-2,10-3)5-11-6-8/h4-5H2,1-3H3. The lowest BCUT2D eigenvalue weighted by atomic mass is 10.2. The molecule has 0 aliphatic carbocycles. The van der Waals surface area contributed by atoms with Crippen LogP contribution in [-0.2, 0) is 19.0 Å². The lowest BCUT2D eigenvalue weighted by molar-refractivity contribution is -0.225. The first-order chi connectivity index (χ1) is 5.24. The molecule has 0 fully saturated rings. The van der Waals surface area contributed by atoms with E-state index in [0.29, 0.717) is 6.42 Å². The Kier molecular flexibility index (Phi) is 4.81. The molecule has 65 valence electrons. The highest BCUT2D eigenvalue weighted by Crippen LogP contribution is 2.15. The Morgan fingerprint density at radius 3 is 2.18 bits per heavy atom. The van der Waals surface area contributed by atoms with Crippen molar-refractivity contribution in [1.29, 1.82) is 0 Å². The first kappa shape index (κ1) is 10.4. The van der Waals surface area contributed by atoms with Crippen molar-refractivity contribution in [2.75, 3.05) is 20.8 Å². The summed E-state index contributed by atoms with van der Waals surface area (Å²) < 4.78 is 14.4. The molecule has 0 rings (SSSR count). The molecule has 0 N–H and O–H groups in total. The quantitative estimate of drug-likeness (QED) is 0.531. The summed E-state index contributed by atoms with van der Waals surface area (Å²) in [5, 5.41) is 0. The van der Waals surface area contributed by atoms with Gasteiger partial charge in [-0.2, -0.15) is 0 Å². The van der Waals surface area contributed by atoms with Gasteiger partial charge in [0.05, 0.1) is 0 Å². The predicted molar refractivity (Wildman–Crippen MR) is 38.7 cm³/mol. The highest BCUT2D eigenvalue weighted by atomic mass is 16.7. The van der Waals surface area contributed by atoms with E-state index in [0.717, 1.165) is 0 Å². The van der Waals surface area contributed by atoms with Gasteiger partial charge in [0.25, 0.3) is 0 Å². The molecule has 0 aliphatic rings. The predicted octanol–water partition coefficient (Wildman–Crippen LogP) is 0.469. The Hall–Kier alpha value is -0.610. The largest absolute Gasteiger partial charge is 0.452 e. The fourth-order valence-corrected chi connectivity index (χ4v) is 0.731. The number of hydrogen-bond donors (Lipinski definition) is 0. The molecule has 0 aromatic carbocycles. The Balaban J connectivity index is 3.93. The summed E-state index contributed by atoms with van der Waals surface area (Å²) in [6, 6.07) is 0. The second-order valence-electron chi connectivity index (χ2n) is 2.04. The van der Waals surface area contributed by atoms with Crippen LogP contribution in [0.25, 0.3) is 0 Å². The second-order valence-corrected chi connectivity index (χ2v) is 2.04. The van der Waals surface area contributed by atoms with E-state index in [9.17, 15) is 4.79 Å². The highest BCUT2D eigenvalue weighted by Gasteiger charge is 2.28. The molecule has 4 nitrogen and oxygen atoms in total. The Labute approximate surface area is 66.4 Å². The van der Waals surface area contributed by atoms with Gasteiger partial charge >= 0.3 is 6.47 Å². The number of carbonyl (C=O) groups excluding carboxylic acids is 1. The summed E-state index contributed by atoms with van der Waals surface area (Å²) >= 11 is 0. The van der Waals surface area contributed by atoms with Crippen LogP contribution in [0.3, 0.4) is 0 Å². The molecule has 0 spiro atoms. The zero-order valence-corrected chi connectivity index (χ0v) is 7.05. The molecular weight excluding hydrogens is 148 g/mol. The van der Waals surface area contributed by atoms with Gasteiger partial charge in [0.1, 0.15) is 6.61 Å². The Bertz CT molecular complexity index is 101. The van der Waals surface area contributed by atoms with Crippen molar-refractivity contribution >= 4 is 6.47 Å². The van der Waals surface area contributed by atoms with E-state index in [1.54, 1.807) is 0 Å². The number of hydrogen-bond acceptors (Lipinski definition) is 4. The molecule has 0 amide bonds. The van der Waals surface area contributed by atoms with E-state index in [-0.39, 0.29) is 6.61 Å². The maximum absolute atomic E-state index is 9.74. The van der Waals surface area contributed by atoms with Gasteiger partial charge in [0.2, 0.25) is 5.79 Å². The van der Waals surface area contributed by atoms with Crippen molar-refractivity contribution in [3.63, 3.8) is 0 Å². The topological polar surface area (TPSA) is 44.8 Å². The molecule has 0 unspecified atom stereocenters. The minimum absolute atomic E-state index is 0.0694. The van der Waals surface area contributed by atoms with Gasteiger partial charge in [-0.05, 0) is 0 Å². The van der Waals surface area contributed by atoms with Crippen LogP contribution in [0.5, 0.6) is 0 Å². The summed E-state index contributed by atoms with van der Waals surface area (Å²) in [4.78, 5) is 9.74. The zero-order valence-electron chi connectivity index (χ0n) is 7.05. The summed E-state index contributed by atoms with van der Waals surface area (Å²) in [6.45, 7) is 3.26. The van der Waals surface area contributed by atoms with Crippen molar-refractivity contribution in [3.8, 4) is 0 Å². The third-order valence-electron chi connectivity index (χ3n) is 1.63. The monoisotopic (exact) mass is 161 g/mol. The second kappa shape index (κ2) is 5.09. The smallest absolute Gasteiger partial charge is 0.417 e. The molecule has 0 heterocycles. The van der Waals surface area contributed by atoms with E-state index in [1.807, 2.05) is 6.92 Å². The van der Waals surface area contributed by atoms with Gasteiger partial charge in [-0.15, -0.1) is 0 Å². The van der Waals surface area contributed by atoms with Crippen LogP contribution in [0.4, 0.5) is 0 Å². The van der Waals surface area contributed by atoms with Crippen LogP contribution in [0.1, 0.15) is 13.3 Å². The van der Waals surface area contributed by atoms with E-state index >= 15 is 0 Å². The van der Waals surface area contributed by atoms with Crippen molar-refractivity contribution in [1.82, 2.24) is 0 Å². The van der Waals surface area contributed by atoms with E-state index < -0.39 is 5.79 Å². The number of methoxy groups -OCH3 is 2. The summed E-state index contributed by atoms with van der Waals surface area (Å²) in [5.41, 5.74) is 0. The molecule has 0 saturated carbocycles. The van der Waals surface area contributed by atoms with Gasteiger partial charge < -0.3 is 14.2 Å². The Morgan fingerprint density at radius 1 is 1.36 bits per heavy atom. The fourth-order valence-electron chi connectivity index (χ4n) is 0.731. The van der Waals surface area contributed by atoms with Crippen LogP contribution in [0.2, 0.25) is 0 Å². The van der Waals surface area contributed by atoms with Gasteiger partial charge in [-0.1, -0.05) is 6.92 Å². The first-order valence-corrected chi connectivity index (χ1v) is 3.34. The van der Waals surface area contributed by atoms with Crippen molar-refractivity contribution in [2.24, 2.45) is 0 Å². The Morgan fingerprint density at radius 2 is 1.91 bits per heavy atom. The lowest BCUT2D eigenvalue weighted by Crippen LogP contribution is -2.38.